The lowest BCUT2D eigenvalue weighted by molar-refractivity contribution is -0.222. The molecule has 0 atom stereocenters. The molecule has 0 aliphatic carbocycles. The van der Waals surface area contributed by atoms with E-state index in [1.165, 1.54) is 31.2 Å². The zero-order valence-corrected chi connectivity index (χ0v) is 16.3. The number of rotatable bonds is 5. The molecule has 0 saturated carbocycles. The van der Waals surface area contributed by atoms with Crippen LogP contribution >= 0.6 is 11.8 Å². The van der Waals surface area contributed by atoms with Crippen molar-refractivity contribution in [2.75, 3.05) is 11.6 Å². The predicted octanol–water partition coefficient (Wildman–Crippen LogP) is 4.10. The Hall–Kier alpha value is -2.73. The van der Waals surface area contributed by atoms with Crippen LogP contribution in [0.3, 0.4) is 0 Å². The molecule has 0 amide bonds. The summed E-state index contributed by atoms with van der Waals surface area (Å²) in [5, 5.41) is 3.62. The minimum absolute atomic E-state index is 0.115. The molecule has 140 valence electrons. The van der Waals surface area contributed by atoms with Gasteiger partial charge >= 0.3 is 11.9 Å². The van der Waals surface area contributed by atoms with Gasteiger partial charge in [-0.3, -0.25) is 0 Å². The van der Waals surface area contributed by atoms with E-state index >= 15 is 0 Å². The Morgan fingerprint density at radius 2 is 1.56 bits per heavy atom. The third kappa shape index (κ3) is 4.52. The molecule has 1 fully saturated rings. The molecule has 2 aromatic rings. The second-order valence-corrected chi connectivity index (χ2v) is 7.35. The van der Waals surface area contributed by atoms with Gasteiger partial charge in [-0.2, -0.15) is 0 Å². The van der Waals surface area contributed by atoms with Gasteiger partial charge in [0.2, 0.25) is 0 Å². The molecule has 1 aliphatic heterocycles. The molecule has 5 nitrogen and oxygen atoms in total. The molecule has 6 heteroatoms. The third-order valence-electron chi connectivity index (χ3n) is 4.02. The molecule has 2 aromatic carbocycles. The predicted molar refractivity (Wildman–Crippen MR) is 106 cm³/mol. The van der Waals surface area contributed by atoms with Gasteiger partial charge in [-0.15, -0.1) is 11.8 Å². The van der Waals surface area contributed by atoms with E-state index in [0.717, 1.165) is 17.7 Å². The zero-order chi connectivity index (χ0) is 19.4. The SMILES string of the molecule is CSC(Nc1ccccc1Cc1ccccc1)=C1C(=O)OC(C)(C)OC1=O. The van der Waals surface area contributed by atoms with Crippen molar-refractivity contribution >= 4 is 29.4 Å². The molecule has 3 rings (SSSR count). The van der Waals surface area contributed by atoms with Crippen LogP contribution < -0.4 is 5.32 Å². The highest BCUT2D eigenvalue weighted by atomic mass is 32.2. The fourth-order valence-electron chi connectivity index (χ4n) is 2.79. The third-order valence-corrected chi connectivity index (χ3v) is 4.73. The summed E-state index contributed by atoms with van der Waals surface area (Å²) < 4.78 is 10.4. The summed E-state index contributed by atoms with van der Waals surface area (Å²) in [5.74, 6) is -2.63. The molecule has 1 N–H and O–H groups in total. The van der Waals surface area contributed by atoms with Gasteiger partial charge in [0.05, 0.1) is 5.03 Å². The number of ether oxygens (including phenoxy) is 2. The highest BCUT2D eigenvalue weighted by molar-refractivity contribution is 8.02. The first-order chi connectivity index (χ1) is 12.9. The number of carbonyl (C=O) groups excluding carboxylic acids is 2. The molecule has 0 radical (unpaired) electrons. The van der Waals surface area contributed by atoms with E-state index in [4.69, 9.17) is 9.47 Å². The number of anilines is 1. The number of hydrogen-bond acceptors (Lipinski definition) is 6. The number of para-hydroxylation sites is 1. The van der Waals surface area contributed by atoms with Crippen LogP contribution in [0, 0.1) is 0 Å². The molecule has 1 saturated heterocycles. The van der Waals surface area contributed by atoms with Crippen LogP contribution in [0.25, 0.3) is 0 Å². The highest BCUT2D eigenvalue weighted by Crippen LogP contribution is 2.30. The minimum Gasteiger partial charge on any atom is -0.419 e. The number of benzene rings is 2. The van der Waals surface area contributed by atoms with Crippen LogP contribution in [-0.4, -0.2) is 24.0 Å². The number of hydrogen-bond donors (Lipinski definition) is 1. The Kier molecular flexibility index (Phi) is 5.56. The number of thioether (sulfide) groups is 1. The molecule has 0 bridgehead atoms. The van der Waals surface area contributed by atoms with Crippen molar-refractivity contribution in [3.05, 3.63) is 76.3 Å². The molecule has 27 heavy (non-hydrogen) atoms. The zero-order valence-electron chi connectivity index (χ0n) is 15.4. The number of nitrogens with one attached hydrogen (secondary N) is 1. The summed E-state index contributed by atoms with van der Waals surface area (Å²) in [6.07, 6.45) is 2.51. The quantitative estimate of drug-likeness (QED) is 0.476. The largest absolute Gasteiger partial charge is 0.419 e. The van der Waals surface area contributed by atoms with E-state index in [2.05, 4.69) is 17.4 Å². The summed E-state index contributed by atoms with van der Waals surface area (Å²) in [4.78, 5) is 24.7. The summed E-state index contributed by atoms with van der Waals surface area (Å²) in [6, 6.07) is 17.9. The molecular formula is C21H21NO4S. The first-order valence-corrected chi connectivity index (χ1v) is 9.76. The van der Waals surface area contributed by atoms with Crippen molar-refractivity contribution < 1.29 is 19.1 Å². The summed E-state index contributed by atoms with van der Waals surface area (Å²) in [6.45, 7) is 3.06. The van der Waals surface area contributed by atoms with Crippen LogP contribution in [0.4, 0.5) is 5.69 Å². The smallest absolute Gasteiger partial charge is 0.351 e. The Morgan fingerprint density at radius 3 is 2.19 bits per heavy atom. The van der Waals surface area contributed by atoms with E-state index in [-0.39, 0.29) is 5.57 Å². The van der Waals surface area contributed by atoms with Gasteiger partial charge in [-0.25, -0.2) is 9.59 Å². The van der Waals surface area contributed by atoms with E-state index < -0.39 is 17.7 Å². The van der Waals surface area contributed by atoms with Crippen LogP contribution in [-0.2, 0) is 25.5 Å². The highest BCUT2D eigenvalue weighted by Gasteiger charge is 2.41. The lowest BCUT2D eigenvalue weighted by atomic mass is 10.0. The maximum atomic E-state index is 12.4. The summed E-state index contributed by atoms with van der Waals surface area (Å²) >= 11 is 1.26. The van der Waals surface area contributed by atoms with E-state index in [9.17, 15) is 9.59 Å². The van der Waals surface area contributed by atoms with Crippen molar-refractivity contribution in [1.82, 2.24) is 0 Å². The number of cyclic esters (lactones) is 2. The van der Waals surface area contributed by atoms with Gasteiger partial charge in [-0.1, -0.05) is 48.5 Å². The van der Waals surface area contributed by atoms with Crippen molar-refractivity contribution in [2.45, 2.75) is 26.1 Å². The average molecular weight is 383 g/mol. The molecule has 0 unspecified atom stereocenters. The molecular weight excluding hydrogens is 362 g/mol. The maximum Gasteiger partial charge on any atom is 0.351 e. The van der Waals surface area contributed by atoms with Crippen LogP contribution in [0.5, 0.6) is 0 Å². The Bertz CT molecular complexity index is 868. The van der Waals surface area contributed by atoms with Gasteiger partial charge in [0, 0.05) is 19.5 Å². The molecule has 0 spiro atoms. The van der Waals surface area contributed by atoms with Gasteiger partial charge in [0.15, 0.2) is 5.57 Å². The maximum absolute atomic E-state index is 12.4. The summed E-state index contributed by atoms with van der Waals surface area (Å²) in [7, 11) is 0. The van der Waals surface area contributed by atoms with E-state index in [0.29, 0.717) is 5.03 Å². The van der Waals surface area contributed by atoms with E-state index in [1.807, 2.05) is 42.5 Å². The minimum atomic E-state index is -1.26. The Balaban J connectivity index is 1.91. The summed E-state index contributed by atoms with van der Waals surface area (Å²) in [5.41, 5.74) is 2.93. The standard InChI is InChI=1S/C21H21NO4S/c1-21(2)25-19(23)17(20(24)26-21)18(27-3)22-16-12-8-7-11-15(16)13-14-9-5-4-6-10-14/h4-12,22H,13H2,1-3H3. The van der Waals surface area contributed by atoms with Crippen LogP contribution in [0.2, 0.25) is 0 Å². The van der Waals surface area contributed by atoms with Gasteiger partial charge < -0.3 is 14.8 Å². The fraction of sp³-hybridized carbons (Fsp3) is 0.238. The first kappa shape index (κ1) is 19.0. The normalized spacial score (nSPS) is 15.7. The van der Waals surface area contributed by atoms with Gasteiger partial charge in [0.25, 0.3) is 5.79 Å². The molecule has 1 aliphatic rings. The molecule has 0 aromatic heterocycles. The monoisotopic (exact) mass is 383 g/mol. The lowest BCUT2D eigenvalue weighted by Crippen LogP contribution is -2.42. The van der Waals surface area contributed by atoms with E-state index in [1.54, 1.807) is 6.26 Å². The second-order valence-electron chi connectivity index (χ2n) is 6.53. The number of carbonyl (C=O) groups is 2. The van der Waals surface area contributed by atoms with Crippen molar-refractivity contribution in [2.24, 2.45) is 0 Å². The Labute approximate surface area is 162 Å². The average Bonchev–Trinajstić information content (AvgIpc) is 2.61. The topological polar surface area (TPSA) is 64.6 Å². The number of esters is 2. The van der Waals surface area contributed by atoms with Gasteiger partial charge in [-0.05, 0) is 29.9 Å². The van der Waals surface area contributed by atoms with Crippen LogP contribution in [0.15, 0.2) is 65.2 Å². The fourth-order valence-corrected chi connectivity index (χ4v) is 3.37. The van der Waals surface area contributed by atoms with Crippen molar-refractivity contribution in [3.8, 4) is 0 Å². The second kappa shape index (κ2) is 7.88. The van der Waals surface area contributed by atoms with Crippen molar-refractivity contribution in [1.29, 1.82) is 0 Å². The van der Waals surface area contributed by atoms with Crippen LogP contribution in [0.1, 0.15) is 25.0 Å². The van der Waals surface area contributed by atoms with Crippen molar-refractivity contribution in [3.63, 3.8) is 0 Å². The first-order valence-electron chi connectivity index (χ1n) is 8.53. The lowest BCUT2D eigenvalue weighted by Gasteiger charge is -2.30. The van der Waals surface area contributed by atoms with Gasteiger partial charge in [0.1, 0.15) is 0 Å². The Morgan fingerprint density at radius 1 is 0.963 bits per heavy atom. The molecule has 1 heterocycles.